The number of nitrogens with zero attached hydrogens (tertiary/aromatic N) is 2. The van der Waals surface area contributed by atoms with Gasteiger partial charge in [0.25, 0.3) is 0 Å². The highest BCUT2D eigenvalue weighted by Gasteiger charge is 2.28. The molecule has 2 aliphatic rings. The first-order valence-electron chi connectivity index (χ1n) is 8.61. The van der Waals surface area contributed by atoms with E-state index >= 15 is 0 Å². The van der Waals surface area contributed by atoms with Crippen molar-refractivity contribution in [3.8, 4) is 0 Å². The molecule has 2 atom stereocenters. The minimum Gasteiger partial charge on any atom is -0.379 e. The summed E-state index contributed by atoms with van der Waals surface area (Å²) in [6.07, 6.45) is 1.50. The van der Waals surface area contributed by atoms with Gasteiger partial charge < -0.3 is 15.4 Å². The molecule has 0 aliphatic carbocycles. The minimum absolute atomic E-state index is 0.186. The number of likely N-dealkylation sites (tertiary alicyclic amines) is 1. The summed E-state index contributed by atoms with van der Waals surface area (Å²) in [5.41, 5.74) is 7.21. The van der Waals surface area contributed by atoms with Crippen LogP contribution in [0.25, 0.3) is 0 Å². The van der Waals surface area contributed by atoms with Crippen LogP contribution in [0.4, 0.5) is 0 Å². The average Bonchev–Trinajstić information content (AvgIpc) is 3.05. The van der Waals surface area contributed by atoms with Crippen LogP contribution >= 0.6 is 0 Å². The van der Waals surface area contributed by atoms with Gasteiger partial charge in [-0.15, -0.1) is 0 Å². The summed E-state index contributed by atoms with van der Waals surface area (Å²) in [6.45, 7) is 6.53. The second-order valence-electron chi connectivity index (χ2n) is 6.63. The first-order chi connectivity index (χ1) is 11.2. The highest BCUT2D eigenvalue weighted by atomic mass is 16.5. The highest BCUT2D eigenvalue weighted by Crippen LogP contribution is 2.21. The molecule has 0 aromatic heterocycles. The summed E-state index contributed by atoms with van der Waals surface area (Å²) in [4.78, 5) is 16.9. The van der Waals surface area contributed by atoms with Gasteiger partial charge in [-0.25, -0.2) is 0 Å². The van der Waals surface area contributed by atoms with Gasteiger partial charge in [-0.05, 0) is 17.9 Å². The molecule has 126 valence electrons. The fraction of sp³-hybridized carbons (Fsp3) is 0.611. The van der Waals surface area contributed by atoms with Crippen LogP contribution < -0.4 is 5.73 Å². The number of carbonyl (C=O) groups excluding carboxylic acids is 1. The molecule has 0 bridgehead atoms. The maximum atomic E-state index is 12.5. The van der Waals surface area contributed by atoms with E-state index < -0.39 is 0 Å². The van der Waals surface area contributed by atoms with Crippen LogP contribution in [0, 0.1) is 5.92 Å². The summed E-state index contributed by atoms with van der Waals surface area (Å²) in [5, 5.41) is 0. The van der Waals surface area contributed by atoms with Gasteiger partial charge >= 0.3 is 0 Å². The molecule has 0 radical (unpaired) electrons. The molecule has 3 rings (SSSR count). The lowest BCUT2D eigenvalue weighted by Gasteiger charge is -2.29. The zero-order chi connectivity index (χ0) is 16.1. The van der Waals surface area contributed by atoms with Crippen molar-refractivity contribution in [1.82, 2.24) is 9.80 Å². The Morgan fingerprint density at radius 2 is 1.96 bits per heavy atom. The Bertz CT molecular complexity index is 502. The molecule has 23 heavy (non-hydrogen) atoms. The number of hydrogen-bond acceptors (Lipinski definition) is 4. The summed E-state index contributed by atoms with van der Waals surface area (Å²) in [7, 11) is 0. The topological polar surface area (TPSA) is 58.8 Å². The minimum atomic E-state index is -0.206. The van der Waals surface area contributed by atoms with Crippen molar-refractivity contribution >= 4 is 5.91 Å². The fourth-order valence-electron chi connectivity index (χ4n) is 3.49. The molecular weight excluding hydrogens is 290 g/mol. The molecule has 2 fully saturated rings. The van der Waals surface area contributed by atoms with E-state index in [1.54, 1.807) is 0 Å². The molecule has 0 spiro atoms. The molecule has 1 aromatic carbocycles. The van der Waals surface area contributed by atoms with Crippen LogP contribution in [0.3, 0.4) is 0 Å². The predicted molar refractivity (Wildman–Crippen MR) is 89.9 cm³/mol. The Kier molecular flexibility index (Phi) is 5.65. The highest BCUT2D eigenvalue weighted by molar-refractivity contribution is 5.77. The SMILES string of the molecule is NC(CC(=O)N1CCC(CN2CCOCC2)C1)c1ccccc1. The second kappa shape index (κ2) is 7.90. The molecule has 2 aliphatic heterocycles. The number of benzene rings is 1. The molecule has 2 saturated heterocycles. The van der Waals surface area contributed by atoms with E-state index in [2.05, 4.69) is 4.90 Å². The van der Waals surface area contributed by atoms with Crippen molar-refractivity contribution in [1.29, 1.82) is 0 Å². The van der Waals surface area contributed by atoms with Crippen LogP contribution in [0.2, 0.25) is 0 Å². The number of carbonyl (C=O) groups is 1. The van der Waals surface area contributed by atoms with E-state index in [4.69, 9.17) is 10.5 Å². The smallest absolute Gasteiger partial charge is 0.224 e. The lowest BCUT2D eigenvalue weighted by atomic mass is 10.0. The molecule has 5 heteroatoms. The fourth-order valence-corrected chi connectivity index (χ4v) is 3.49. The Morgan fingerprint density at radius 3 is 2.70 bits per heavy atom. The van der Waals surface area contributed by atoms with Gasteiger partial charge in [0.2, 0.25) is 5.91 Å². The Hall–Kier alpha value is -1.43. The third-order valence-electron chi connectivity index (χ3n) is 4.88. The quantitative estimate of drug-likeness (QED) is 0.888. The summed E-state index contributed by atoms with van der Waals surface area (Å²) >= 11 is 0. The van der Waals surface area contributed by atoms with Crippen molar-refractivity contribution in [2.24, 2.45) is 11.7 Å². The van der Waals surface area contributed by atoms with Gasteiger partial charge in [0.1, 0.15) is 0 Å². The number of ether oxygens (including phenoxy) is 1. The van der Waals surface area contributed by atoms with Crippen molar-refractivity contribution in [2.75, 3.05) is 45.9 Å². The maximum absolute atomic E-state index is 12.5. The van der Waals surface area contributed by atoms with Crippen LogP contribution in [-0.2, 0) is 9.53 Å². The first kappa shape index (κ1) is 16.4. The third-order valence-corrected chi connectivity index (χ3v) is 4.88. The van der Waals surface area contributed by atoms with E-state index in [0.717, 1.165) is 57.9 Å². The largest absolute Gasteiger partial charge is 0.379 e. The predicted octanol–water partition coefficient (Wildman–Crippen LogP) is 1.26. The van der Waals surface area contributed by atoms with Crippen molar-refractivity contribution < 1.29 is 9.53 Å². The maximum Gasteiger partial charge on any atom is 0.224 e. The molecular formula is C18H27N3O2. The normalized spacial score (nSPS) is 23.9. The Labute approximate surface area is 138 Å². The summed E-state index contributed by atoms with van der Waals surface area (Å²) in [6, 6.07) is 9.67. The lowest BCUT2D eigenvalue weighted by molar-refractivity contribution is -0.130. The number of hydrogen-bond donors (Lipinski definition) is 1. The van der Waals surface area contributed by atoms with E-state index in [1.807, 2.05) is 35.2 Å². The molecule has 5 nitrogen and oxygen atoms in total. The van der Waals surface area contributed by atoms with Crippen molar-refractivity contribution in [3.05, 3.63) is 35.9 Å². The van der Waals surface area contributed by atoms with Gasteiger partial charge in [-0.1, -0.05) is 30.3 Å². The monoisotopic (exact) mass is 317 g/mol. The molecule has 1 aromatic rings. The Morgan fingerprint density at radius 1 is 1.22 bits per heavy atom. The zero-order valence-corrected chi connectivity index (χ0v) is 13.7. The van der Waals surface area contributed by atoms with Gasteiger partial charge in [0.15, 0.2) is 0 Å². The van der Waals surface area contributed by atoms with Gasteiger partial charge in [-0.3, -0.25) is 9.69 Å². The molecule has 1 amide bonds. The van der Waals surface area contributed by atoms with Gasteiger partial charge in [-0.2, -0.15) is 0 Å². The number of amides is 1. The van der Waals surface area contributed by atoms with Crippen molar-refractivity contribution in [3.63, 3.8) is 0 Å². The van der Waals surface area contributed by atoms with Crippen LogP contribution in [0.5, 0.6) is 0 Å². The lowest BCUT2D eigenvalue weighted by Crippen LogP contribution is -2.40. The van der Waals surface area contributed by atoms with E-state index in [-0.39, 0.29) is 11.9 Å². The standard InChI is InChI=1S/C18H27N3O2/c19-17(16-4-2-1-3-5-16)12-18(22)21-7-6-15(14-21)13-20-8-10-23-11-9-20/h1-5,15,17H,6-14,19H2. The van der Waals surface area contributed by atoms with E-state index in [1.165, 1.54) is 0 Å². The zero-order valence-electron chi connectivity index (χ0n) is 13.7. The van der Waals surface area contributed by atoms with Crippen molar-refractivity contribution in [2.45, 2.75) is 18.9 Å². The second-order valence-corrected chi connectivity index (χ2v) is 6.63. The number of morpholine rings is 1. The van der Waals surface area contributed by atoms with Crippen LogP contribution in [-0.4, -0.2) is 61.6 Å². The van der Waals surface area contributed by atoms with E-state index in [0.29, 0.717) is 12.3 Å². The molecule has 0 saturated carbocycles. The van der Waals surface area contributed by atoms with Gasteiger partial charge in [0.05, 0.1) is 13.2 Å². The van der Waals surface area contributed by atoms with Crippen LogP contribution in [0.1, 0.15) is 24.4 Å². The molecule has 2 heterocycles. The summed E-state index contributed by atoms with van der Waals surface area (Å²) < 4.78 is 5.39. The molecule has 2 N–H and O–H groups in total. The number of rotatable bonds is 5. The third kappa shape index (κ3) is 4.53. The number of nitrogens with two attached hydrogens (primary N) is 1. The van der Waals surface area contributed by atoms with Gasteiger partial charge in [0, 0.05) is 45.2 Å². The Balaban J connectivity index is 1.45. The molecule has 2 unspecified atom stereocenters. The van der Waals surface area contributed by atoms with E-state index in [9.17, 15) is 4.79 Å². The summed E-state index contributed by atoms with van der Waals surface area (Å²) in [5.74, 6) is 0.774. The van der Waals surface area contributed by atoms with Crippen LogP contribution in [0.15, 0.2) is 30.3 Å². The first-order valence-corrected chi connectivity index (χ1v) is 8.61. The average molecular weight is 317 g/mol.